The highest BCUT2D eigenvalue weighted by Gasteiger charge is 2.22. The summed E-state index contributed by atoms with van der Waals surface area (Å²) in [5.74, 6) is 1.85. The second-order valence-corrected chi connectivity index (χ2v) is 6.76. The van der Waals surface area contributed by atoms with E-state index in [1.165, 1.54) is 11.1 Å². The van der Waals surface area contributed by atoms with E-state index in [0.29, 0.717) is 6.04 Å². The van der Waals surface area contributed by atoms with E-state index in [-0.39, 0.29) is 0 Å². The fraction of sp³-hybridized carbons (Fsp3) is 0.476. The van der Waals surface area contributed by atoms with Gasteiger partial charge in [-0.05, 0) is 36.1 Å². The van der Waals surface area contributed by atoms with Crippen molar-refractivity contribution < 1.29 is 4.42 Å². The largest absolute Gasteiger partial charge is 0.469 e. The van der Waals surface area contributed by atoms with Crippen molar-refractivity contribution in [2.24, 2.45) is 4.99 Å². The smallest absolute Gasteiger partial charge is 0.191 e. The molecule has 0 saturated carbocycles. The fourth-order valence-corrected chi connectivity index (χ4v) is 3.55. The molecule has 0 aliphatic carbocycles. The summed E-state index contributed by atoms with van der Waals surface area (Å²) in [6.45, 7) is 6.14. The second kappa shape index (κ2) is 9.43. The van der Waals surface area contributed by atoms with Gasteiger partial charge in [0.05, 0.1) is 6.26 Å². The zero-order valence-electron chi connectivity index (χ0n) is 15.9. The first kappa shape index (κ1) is 18.5. The van der Waals surface area contributed by atoms with Gasteiger partial charge in [0.2, 0.25) is 0 Å². The van der Waals surface area contributed by atoms with Crippen molar-refractivity contribution in [2.75, 3.05) is 26.7 Å². The van der Waals surface area contributed by atoms with E-state index in [1.807, 2.05) is 19.2 Å². The molecule has 1 aliphatic heterocycles. The van der Waals surface area contributed by atoms with Gasteiger partial charge in [0.25, 0.3) is 0 Å². The van der Waals surface area contributed by atoms with Crippen molar-refractivity contribution in [1.82, 2.24) is 15.5 Å². The predicted molar refractivity (Wildman–Crippen MR) is 106 cm³/mol. The van der Waals surface area contributed by atoms with Crippen LogP contribution in [0.25, 0.3) is 0 Å². The molecule has 1 unspecified atom stereocenters. The van der Waals surface area contributed by atoms with E-state index < -0.39 is 0 Å². The molecule has 5 nitrogen and oxygen atoms in total. The molecule has 1 aliphatic rings. The van der Waals surface area contributed by atoms with Gasteiger partial charge in [-0.15, -0.1) is 0 Å². The van der Waals surface area contributed by atoms with E-state index in [9.17, 15) is 0 Å². The van der Waals surface area contributed by atoms with Gasteiger partial charge >= 0.3 is 0 Å². The Kier molecular flexibility index (Phi) is 6.72. The van der Waals surface area contributed by atoms with Crippen LogP contribution in [0.1, 0.15) is 30.2 Å². The maximum atomic E-state index is 5.37. The Hall–Kier alpha value is -2.27. The summed E-state index contributed by atoms with van der Waals surface area (Å²) in [6, 6.07) is 13.2. The van der Waals surface area contributed by atoms with Crippen molar-refractivity contribution in [2.45, 2.75) is 38.8 Å². The molecule has 5 heteroatoms. The molecule has 26 heavy (non-hydrogen) atoms. The third-order valence-corrected chi connectivity index (χ3v) is 5.12. The van der Waals surface area contributed by atoms with Gasteiger partial charge in [-0.1, -0.05) is 31.2 Å². The van der Waals surface area contributed by atoms with Gasteiger partial charge in [0, 0.05) is 45.7 Å². The normalized spacial score (nSPS) is 16.2. The average Bonchev–Trinajstić information content (AvgIpc) is 3.20. The highest BCUT2D eigenvalue weighted by molar-refractivity contribution is 5.79. The van der Waals surface area contributed by atoms with Crippen LogP contribution < -0.4 is 10.6 Å². The van der Waals surface area contributed by atoms with Crippen LogP contribution in [0, 0.1) is 0 Å². The summed E-state index contributed by atoms with van der Waals surface area (Å²) in [5, 5.41) is 6.85. The lowest BCUT2D eigenvalue weighted by Crippen LogP contribution is -2.48. The molecule has 3 rings (SSSR count). The van der Waals surface area contributed by atoms with Crippen LogP contribution in [0.15, 0.2) is 52.1 Å². The van der Waals surface area contributed by atoms with Gasteiger partial charge in [-0.3, -0.25) is 9.89 Å². The maximum absolute atomic E-state index is 5.37. The Morgan fingerprint density at radius 3 is 2.77 bits per heavy atom. The molecule has 2 N–H and O–H groups in total. The quantitative estimate of drug-likeness (QED) is 0.593. The molecule has 0 amide bonds. The van der Waals surface area contributed by atoms with Gasteiger partial charge in [-0.2, -0.15) is 0 Å². The van der Waals surface area contributed by atoms with Crippen LogP contribution in [-0.2, 0) is 19.4 Å². The molecule has 0 fully saturated rings. The lowest BCUT2D eigenvalue weighted by atomic mass is 9.98. The van der Waals surface area contributed by atoms with Crippen molar-refractivity contribution in [3.63, 3.8) is 0 Å². The van der Waals surface area contributed by atoms with Crippen LogP contribution in [0.4, 0.5) is 0 Å². The van der Waals surface area contributed by atoms with Gasteiger partial charge in [0.15, 0.2) is 5.96 Å². The zero-order chi connectivity index (χ0) is 18.2. The number of nitrogens with one attached hydrogen (secondary N) is 2. The molecular formula is C21H30N4O. The Morgan fingerprint density at radius 1 is 1.19 bits per heavy atom. The zero-order valence-corrected chi connectivity index (χ0v) is 15.9. The van der Waals surface area contributed by atoms with Crippen LogP contribution >= 0.6 is 0 Å². The number of benzene rings is 1. The monoisotopic (exact) mass is 354 g/mol. The number of rotatable bonds is 7. The molecule has 140 valence electrons. The predicted octanol–water partition coefficient (Wildman–Crippen LogP) is 2.82. The molecule has 2 heterocycles. The first-order chi connectivity index (χ1) is 12.8. The van der Waals surface area contributed by atoms with Gasteiger partial charge < -0.3 is 15.1 Å². The minimum absolute atomic E-state index is 0.506. The van der Waals surface area contributed by atoms with Crippen molar-refractivity contribution in [1.29, 1.82) is 0 Å². The molecule has 1 aromatic heterocycles. The Bertz CT molecular complexity index is 696. The molecule has 0 saturated heterocycles. The van der Waals surface area contributed by atoms with Crippen LogP contribution in [-0.4, -0.2) is 43.6 Å². The summed E-state index contributed by atoms with van der Waals surface area (Å²) in [4.78, 5) is 6.93. The molecule has 0 bridgehead atoms. The molecular weight excluding hydrogens is 324 g/mol. The topological polar surface area (TPSA) is 52.8 Å². The maximum Gasteiger partial charge on any atom is 0.191 e. The van der Waals surface area contributed by atoms with Gasteiger partial charge in [-0.25, -0.2) is 0 Å². The standard InChI is InChI=1S/C21H30N4O/c1-3-19(25-13-11-17-7-4-5-8-18(17)16-25)15-24-21(22-2)23-12-10-20-9-6-14-26-20/h4-9,14,19H,3,10-13,15-16H2,1-2H3,(H2,22,23,24). The van der Waals surface area contributed by atoms with E-state index in [4.69, 9.17) is 4.42 Å². The number of furan rings is 1. The number of nitrogens with zero attached hydrogens (tertiary/aromatic N) is 2. The van der Waals surface area contributed by atoms with E-state index in [0.717, 1.165) is 57.2 Å². The number of fused-ring (bicyclic) bond motifs is 1. The molecule has 0 spiro atoms. The summed E-state index contributed by atoms with van der Waals surface area (Å²) in [6.07, 6.45) is 4.83. The fourth-order valence-electron chi connectivity index (χ4n) is 3.55. The summed E-state index contributed by atoms with van der Waals surface area (Å²) >= 11 is 0. The summed E-state index contributed by atoms with van der Waals surface area (Å²) in [7, 11) is 1.82. The SMILES string of the molecule is CCC(CNC(=NC)NCCc1ccco1)N1CCc2ccccc2C1. The third-order valence-electron chi connectivity index (χ3n) is 5.12. The minimum Gasteiger partial charge on any atom is -0.469 e. The number of aliphatic imine (C=N–C) groups is 1. The minimum atomic E-state index is 0.506. The molecule has 1 atom stereocenters. The average molecular weight is 354 g/mol. The highest BCUT2D eigenvalue weighted by atomic mass is 16.3. The van der Waals surface area contributed by atoms with Crippen molar-refractivity contribution in [3.05, 3.63) is 59.5 Å². The van der Waals surface area contributed by atoms with Crippen LogP contribution in [0.5, 0.6) is 0 Å². The Balaban J connectivity index is 1.47. The number of hydrogen-bond donors (Lipinski definition) is 2. The number of guanidine groups is 1. The second-order valence-electron chi connectivity index (χ2n) is 6.76. The first-order valence-corrected chi connectivity index (χ1v) is 9.58. The third kappa shape index (κ3) is 4.88. The Morgan fingerprint density at radius 2 is 2.04 bits per heavy atom. The van der Waals surface area contributed by atoms with E-state index in [2.05, 4.69) is 51.7 Å². The summed E-state index contributed by atoms with van der Waals surface area (Å²) < 4.78 is 5.37. The first-order valence-electron chi connectivity index (χ1n) is 9.58. The molecule has 1 aromatic carbocycles. The lowest BCUT2D eigenvalue weighted by molar-refractivity contribution is 0.174. The van der Waals surface area contributed by atoms with Crippen molar-refractivity contribution in [3.8, 4) is 0 Å². The number of hydrogen-bond acceptors (Lipinski definition) is 3. The van der Waals surface area contributed by atoms with Crippen LogP contribution in [0.2, 0.25) is 0 Å². The molecule has 0 radical (unpaired) electrons. The highest BCUT2D eigenvalue weighted by Crippen LogP contribution is 2.21. The van der Waals surface area contributed by atoms with Crippen molar-refractivity contribution >= 4 is 5.96 Å². The molecule has 2 aromatic rings. The summed E-state index contributed by atoms with van der Waals surface area (Å²) in [5.41, 5.74) is 2.97. The lowest BCUT2D eigenvalue weighted by Gasteiger charge is -2.35. The Labute approximate surface area is 156 Å². The van der Waals surface area contributed by atoms with Crippen LogP contribution in [0.3, 0.4) is 0 Å². The van der Waals surface area contributed by atoms with Gasteiger partial charge in [0.1, 0.15) is 5.76 Å². The van der Waals surface area contributed by atoms with E-state index >= 15 is 0 Å². The van der Waals surface area contributed by atoms with E-state index in [1.54, 1.807) is 6.26 Å².